The summed E-state index contributed by atoms with van der Waals surface area (Å²) in [6.45, 7) is 0. The lowest BCUT2D eigenvalue weighted by Gasteiger charge is -2.17. The zero-order valence-corrected chi connectivity index (χ0v) is 11.8. The Kier molecular flexibility index (Phi) is 3.26. The maximum Gasteiger partial charge on any atom is 0.238 e. The van der Waals surface area contributed by atoms with Crippen LogP contribution < -0.4 is 9.64 Å². The van der Waals surface area contributed by atoms with E-state index in [2.05, 4.69) is 0 Å². The molecule has 1 fully saturated rings. The number of rotatable bonds is 2. The van der Waals surface area contributed by atoms with Gasteiger partial charge in [0, 0.05) is 5.03 Å². The Balaban J connectivity index is 1.91. The minimum Gasteiger partial charge on any atom is -0.497 e. The van der Waals surface area contributed by atoms with Crippen LogP contribution in [0.5, 0.6) is 5.75 Å². The maximum atomic E-state index is 12.4. The highest BCUT2D eigenvalue weighted by Gasteiger charge is 2.48. The number of ether oxygens (including phenoxy) is 1. The van der Waals surface area contributed by atoms with Gasteiger partial charge < -0.3 is 4.74 Å². The van der Waals surface area contributed by atoms with Gasteiger partial charge in [0.2, 0.25) is 11.8 Å². The molecule has 0 bridgehead atoms. The Hall–Kier alpha value is -1.81. The summed E-state index contributed by atoms with van der Waals surface area (Å²) in [6.07, 6.45) is 2.84. The topological polar surface area (TPSA) is 46.6 Å². The zero-order valence-electron chi connectivity index (χ0n) is 11.0. The number of carbonyl (C=O) groups is 2. The summed E-state index contributed by atoms with van der Waals surface area (Å²) in [6, 6.07) is 6.92. The quantitative estimate of drug-likeness (QED) is 0.787. The second kappa shape index (κ2) is 4.94. The smallest absolute Gasteiger partial charge is 0.238 e. The van der Waals surface area contributed by atoms with Gasteiger partial charge in [-0.15, -0.1) is 0 Å². The zero-order chi connectivity index (χ0) is 14.3. The second-order valence-corrected chi connectivity index (χ2v) is 5.50. The fourth-order valence-electron chi connectivity index (χ4n) is 2.81. The van der Waals surface area contributed by atoms with E-state index in [9.17, 15) is 9.59 Å². The first-order valence-corrected chi connectivity index (χ1v) is 6.86. The van der Waals surface area contributed by atoms with Crippen molar-refractivity contribution in [3.05, 3.63) is 35.4 Å². The number of nitrogens with zero attached hydrogens (tertiary/aromatic N) is 1. The summed E-state index contributed by atoms with van der Waals surface area (Å²) >= 11 is 5.99. The van der Waals surface area contributed by atoms with Crippen LogP contribution in [0.3, 0.4) is 0 Å². The van der Waals surface area contributed by atoms with Gasteiger partial charge in [-0.3, -0.25) is 14.5 Å². The van der Waals surface area contributed by atoms with E-state index in [4.69, 9.17) is 16.3 Å². The van der Waals surface area contributed by atoms with Crippen molar-refractivity contribution in [3.63, 3.8) is 0 Å². The van der Waals surface area contributed by atoms with Crippen molar-refractivity contribution in [1.82, 2.24) is 0 Å². The standard InChI is InChI=1S/C15H14ClNO3/c1-20-11-5-3-10(4-6-11)17-14(18)12-7-2-9(16)8-13(12)15(17)19/h2-6,12-13H,7-8H2,1H3/t12-,13-/m0/s1. The molecule has 104 valence electrons. The molecular formula is C15H14ClNO3. The van der Waals surface area contributed by atoms with Gasteiger partial charge in [0.25, 0.3) is 0 Å². The molecule has 1 aromatic carbocycles. The van der Waals surface area contributed by atoms with Gasteiger partial charge in [-0.2, -0.15) is 0 Å². The first-order chi connectivity index (χ1) is 9.61. The molecule has 2 atom stereocenters. The highest BCUT2D eigenvalue weighted by molar-refractivity contribution is 6.30. The van der Waals surface area contributed by atoms with Crippen LogP contribution >= 0.6 is 11.6 Å². The largest absolute Gasteiger partial charge is 0.497 e. The molecule has 20 heavy (non-hydrogen) atoms. The number of allylic oxidation sites excluding steroid dienone is 2. The molecule has 0 N–H and O–H groups in total. The fraction of sp³-hybridized carbons (Fsp3) is 0.333. The van der Waals surface area contributed by atoms with E-state index < -0.39 is 0 Å². The van der Waals surface area contributed by atoms with Crippen LogP contribution in [0.1, 0.15) is 12.8 Å². The van der Waals surface area contributed by atoms with Crippen LogP contribution in [0.4, 0.5) is 5.69 Å². The third kappa shape index (κ3) is 2.00. The predicted molar refractivity (Wildman–Crippen MR) is 75.6 cm³/mol. The predicted octanol–water partition coefficient (Wildman–Crippen LogP) is 2.72. The summed E-state index contributed by atoms with van der Waals surface area (Å²) in [5.41, 5.74) is 0.589. The van der Waals surface area contributed by atoms with E-state index in [1.807, 2.05) is 6.08 Å². The first-order valence-electron chi connectivity index (χ1n) is 6.48. The number of imide groups is 1. The highest BCUT2D eigenvalue weighted by atomic mass is 35.5. The van der Waals surface area contributed by atoms with Gasteiger partial charge in [0.05, 0.1) is 24.6 Å². The average Bonchev–Trinajstić information content (AvgIpc) is 2.71. The average molecular weight is 292 g/mol. The van der Waals surface area contributed by atoms with E-state index >= 15 is 0 Å². The van der Waals surface area contributed by atoms with Crippen LogP contribution in [-0.4, -0.2) is 18.9 Å². The first kappa shape index (κ1) is 13.2. The molecule has 3 rings (SSSR count). The molecule has 0 aromatic heterocycles. The van der Waals surface area contributed by atoms with Crippen LogP contribution in [0.2, 0.25) is 0 Å². The van der Waals surface area contributed by atoms with E-state index in [0.29, 0.717) is 29.3 Å². The molecule has 0 saturated carbocycles. The summed E-state index contributed by atoms with van der Waals surface area (Å²) in [7, 11) is 1.57. The van der Waals surface area contributed by atoms with E-state index in [1.165, 1.54) is 4.90 Å². The lowest BCUT2D eigenvalue weighted by Crippen LogP contribution is -2.30. The van der Waals surface area contributed by atoms with Crippen molar-refractivity contribution in [2.45, 2.75) is 12.8 Å². The van der Waals surface area contributed by atoms with Crippen molar-refractivity contribution in [2.75, 3.05) is 12.0 Å². The highest BCUT2D eigenvalue weighted by Crippen LogP contribution is 2.40. The number of halogens is 1. The number of fused-ring (bicyclic) bond motifs is 1. The van der Waals surface area contributed by atoms with Gasteiger partial charge in [0.1, 0.15) is 5.75 Å². The van der Waals surface area contributed by atoms with E-state index in [0.717, 1.165) is 0 Å². The van der Waals surface area contributed by atoms with Crippen molar-refractivity contribution in [2.24, 2.45) is 11.8 Å². The number of anilines is 1. The fourth-order valence-corrected chi connectivity index (χ4v) is 3.07. The van der Waals surface area contributed by atoms with Gasteiger partial charge in [-0.05, 0) is 37.1 Å². The number of hydrogen-bond donors (Lipinski definition) is 0. The van der Waals surface area contributed by atoms with E-state index in [1.54, 1.807) is 31.4 Å². The molecule has 4 nitrogen and oxygen atoms in total. The normalized spacial score (nSPS) is 25.5. The second-order valence-electron chi connectivity index (χ2n) is 5.01. The van der Waals surface area contributed by atoms with Gasteiger partial charge in [-0.1, -0.05) is 17.7 Å². The third-order valence-electron chi connectivity index (χ3n) is 3.90. The SMILES string of the molecule is COc1ccc(N2C(=O)[C@H]3CC=C(Cl)C[C@@H]3C2=O)cc1. The summed E-state index contributed by atoms with van der Waals surface area (Å²) in [5, 5.41) is 0.670. The molecule has 2 amide bonds. The molecule has 0 spiro atoms. The minimum absolute atomic E-state index is 0.134. The Bertz CT molecular complexity index is 594. The van der Waals surface area contributed by atoms with Gasteiger partial charge >= 0.3 is 0 Å². The maximum absolute atomic E-state index is 12.4. The van der Waals surface area contributed by atoms with Crippen LogP contribution in [0, 0.1) is 11.8 Å². The number of hydrogen-bond acceptors (Lipinski definition) is 3. The number of benzene rings is 1. The summed E-state index contributed by atoms with van der Waals surface area (Å²) in [5.74, 6) is -0.189. The molecule has 1 aliphatic carbocycles. The van der Waals surface area contributed by atoms with Gasteiger partial charge in [0.15, 0.2) is 0 Å². The van der Waals surface area contributed by atoms with E-state index in [-0.39, 0.29) is 23.7 Å². The van der Waals surface area contributed by atoms with Crippen molar-refractivity contribution < 1.29 is 14.3 Å². The summed E-state index contributed by atoms with van der Waals surface area (Å²) in [4.78, 5) is 26.1. The van der Waals surface area contributed by atoms with Crippen molar-refractivity contribution >= 4 is 29.1 Å². The molecule has 5 heteroatoms. The molecule has 1 aliphatic heterocycles. The lowest BCUT2D eigenvalue weighted by molar-refractivity contribution is -0.122. The van der Waals surface area contributed by atoms with Crippen LogP contribution in [0.25, 0.3) is 0 Å². The Morgan fingerprint density at radius 2 is 1.80 bits per heavy atom. The molecule has 1 aromatic rings. The third-order valence-corrected chi connectivity index (χ3v) is 4.21. The minimum atomic E-state index is -0.317. The molecule has 2 aliphatic rings. The molecule has 1 heterocycles. The van der Waals surface area contributed by atoms with Crippen LogP contribution in [-0.2, 0) is 9.59 Å². The molecule has 0 radical (unpaired) electrons. The lowest BCUT2D eigenvalue weighted by atomic mass is 9.85. The van der Waals surface area contributed by atoms with Crippen molar-refractivity contribution in [3.8, 4) is 5.75 Å². The van der Waals surface area contributed by atoms with Gasteiger partial charge in [-0.25, -0.2) is 0 Å². The Morgan fingerprint density at radius 3 is 2.45 bits per heavy atom. The molecule has 1 saturated heterocycles. The Morgan fingerprint density at radius 1 is 1.15 bits per heavy atom. The molecule has 0 unspecified atom stereocenters. The monoisotopic (exact) mass is 291 g/mol. The number of carbonyl (C=O) groups excluding carboxylic acids is 2. The number of amides is 2. The molecular weight excluding hydrogens is 278 g/mol. The Labute approximate surface area is 122 Å². The summed E-state index contributed by atoms with van der Waals surface area (Å²) < 4.78 is 5.08. The van der Waals surface area contributed by atoms with Crippen LogP contribution in [0.15, 0.2) is 35.4 Å². The van der Waals surface area contributed by atoms with Crippen molar-refractivity contribution in [1.29, 1.82) is 0 Å². The number of methoxy groups -OCH3 is 1.